The normalized spacial score (nSPS) is 11.2. The van der Waals surface area contributed by atoms with Crippen LogP contribution in [0.1, 0.15) is 52.6 Å². The summed E-state index contributed by atoms with van der Waals surface area (Å²) in [6, 6.07) is 22.3. The van der Waals surface area contributed by atoms with Crippen LogP contribution in [0.2, 0.25) is 0 Å². The number of ketones is 1. The van der Waals surface area contributed by atoms with E-state index in [1.165, 1.54) is 17.3 Å². The Morgan fingerprint density at radius 1 is 0.828 bits per heavy atom. The number of rotatable bonds is 5. The molecule has 0 aromatic heterocycles. The fraction of sp³-hybridized carbons (Fsp3) is 0.200. The molecule has 0 fully saturated rings. The van der Waals surface area contributed by atoms with Crippen LogP contribution in [0.25, 0.3) is 0 Å². The van der Waals surface area contributed by atoms with Crippen molar-refractivity contribution >= 4 is 29.1 Å². The van der Waals surface area contributed by atoms with Crippen molar-refractivity contribution < 1.29 is 9.59 Å². The number of hydrogen-bond acceptors (Lipinski definition) is 3. The van der Waals surface area contributed by atoms with Crippen molar-refractivity contribution in [1.29, 1.82) is 0 Å². The van der Waals surface area contributed by atoms with Gasteiger partial charge >= 0.3 is 0 Å². The van der Waals surface area contributed by atoms with E-state index < -0.39 is 0 Å². The van der Waals surface area contributed by atoms with E-state index >= 15 is 0 Å². The van der Waals surface area contributed by atoms with Gasteiger partial charge in [-0.15, -0.1) is 11.8 Å². The Balaban J connectivity index is 1.80. The molecule has 3 nitrogen and oxygen atoms in total. The summed E-state index contributed by atoms with van der Waals surface area (Å²) in [5.74, 6) is -0.250. The standard InChI is InChI=1S/C25H25NO2S/c1-25(2,3)19-14-12-17(13-15-19)23(27)18-8-7-9-20(16-18)26-24(28)21-10-5-6-11-22(21)29-4/h5-16H,1-4H3,(H,26,28). The lowest BCUT2D eigenvalue weighted by atomic mass is 9.86. The minimum absolute atomic E-state index is 0.0405. The Morgan fingerprint density at radius 2 is 1.52 bits per heavy atom. The smallest absolute Gasteiger partial charge is 0.256 e. The molecule has 3 aromatic carbocycles. The molecular weight excluding hydrogens is 378 g/mol. The lowest BCUT2D eigenvalue weighted by Gasteiger charge is -2.19. The van der Waals surface area contributed by atoms with Crippen LogP contribution in [-0.2, 0) is 5.41 Å². The van der Waals surface area contributed by atoms with Gasteiger partial charge < -0.3 is 5.32 Å². The average Bonchev–Trinajstić information content (AvgIpc) is 2.72. The highest BCUT2D eigenvalue weighted by atomic mass is 32.2. The first kappa shape index (κ1) is 20.9. The second kappa shape index (κ2) is 8.66. The van der Waals surface area contributed by atoms with E-state index in [4.69, 9.17) is 0 Å². The molecule has 0 radical (unpaired) electrons. The third-order valence-corrected chi connectivity index (χ3v) is 5.54. The summed E-state index contributed by atoms with van der Waals surface area (Å²) in [5.41, 5.74) is 3.62. The maximum Gasteiger partial charge on any atom is 0.256 e. The SMILES string of the molecule is CSc1ccccc1C(=O)Nc1cccc(C(=O)c2ccc(C(C)(C)C)cc2)c1. The molecule has 0 bridgehead atoms. The zero-order valence-corrected chi connectivity index (χ0v) is 18.0. The zero-order chi connectivity index (χ0) is 21.0. The van der Waals surface area contributed by atoms with E-state index in [2.05, 4.69) is 26.1 Å². The van der Waals surface area contributed by atoms with E-state index in [0.29, 0.717) is 22.4 Å². The fourth-order valence-electron chi connectivity index (χ4n) is 3.06. The van der Waals surface area contributed by atoms with Gasteiger partial charge in [-0.25, -0.2) is 0 Å². The van der Waals surface area contributed by atoms with E-state index in [1.807, 2.05) is 48.7 Å². The number of benzene rings is 3. The van der Waals surface area contributed by atoms with Crippen molar-refractivity contribution in [2.24, 2.45) is 0 Å². The molecule has 0 aliphatic heterocycles. The second-order valence-electron chi connectivity index (χ2n) is 7.89. The first-order valence-corrected chi connectivity index (χ1v) is 10.7. The summed E-state index contributed by atoms with van der Waals surface area (Å²) in [6.07, 6.45) is 1.94. The lowest BCUT2D eigenvalue weighted by Crippen LogP contribution is -2.13. The van der Waals surface area contributed by atoms with Crippen LogP contribution in [0, 0.1) is 0 Å². The van der Waals surface area contributed by atoms with Crippen LogP contribution in [0.4, 0.5) is 5.69 Å². The second-order valence-corrected chi connectivity index (χ2v) is 8.74. The molecule has 0 unspecified atom stereocenters. The molecule has 0 aliphatic carbocycles. The lowest BCUT2D eigenvalue weighted by molar-refractivity contribution is 0.101. The highest BCUT2D eigenvalue weighted by Crippen LogP contribution is 2.24. The Morgan fingerprint density at radius 3 is 2.17 bits per heavy atom. The van der Waals surface area contributed by atoms with Crippen molar-refractivity contribution in [3.05, 3.63) is 95.1 Å². The number of thioether (sulfide) groups is 1. The van der Waals surface area contributed by atoms with E-state index in [-0.39, 0.29) is 17.1 Å². The van der Waals surface area contributed by atoms with Crippen LogP contribution < -0.4 is 5.32 Å². The predicted octanol–water partition coefficient (Wildman–Crippen LogP) is 6.19. The highest BCUT2D eigenvalue weighted by molar-refractivity contribution is 7.98. The van der Waals surface area contributed by atoms with Crippen LogP contribution >= 0.6 is 11.8 Å². The molecule has 1 N–H and O–H groups in total. The van der Waals surface area contributed by atoms with Crippen molar-refractivity contribution in [2.75, 3.05) is 11.6 Å². The van der Waals surface area contributed by atoms with Crippen molar-refractivity contribution in [3.8, 4) is 0 Å². The van der Waals surface area contributed by atoms with Gasteiger partial charge in [-0.05, 0) is 41.5 Å². The fourth-order valence-corrected chi connectivity index (χ4v) is 3.65. The van der Waals surface area contributed by atoms with Gasteiger partial charge in [0.25, 0.3) is 5.91 Å². The van der Waals surface area contributed by atoms with Crippen molar-refractivity contribution in [1.82, 2.24) is 0 Å². The summed E-state index contributed by atoms with van der Waals surface area (Å²) < 4.78 is 0. The van der Waals surface area contributed by atoms with E-state index in [9.17, 15) is 9.59 Å². The molecular formula is C25H25NO2S. The Labute approximate surface area is 176 Å². The molecule has 4 heteroatoms. The van der Waals surface area contributed by atoms with Gasteiger partial charge in [0.2, 0.25) is 0 Å². The first-order chi connectivity index (χ1) is 13.8. The summed E-state index contributed by atoms with van der Waals surface area (Å²) >= 11 is 1.53. The van der Waals surface area contributed by atoms with Crippen LogP contribution in [0.15, 0.2) is 77.7 Å². The molecule has 3 rings (SSSR count). The summed E-state index contributed by atoms with van der Waals surface area (Å²) in [7, 11) is 0. The first-order valence-electron chi connectivity index (χ1n) is 9.49. The van der Waals surface area contributed by atoms with Crippen LogP contribution in [0.3, 0.4) is 0 Å². The quantitative estimate of drug-likeness (QED) is 0.408. The third-order valence-electron chi connectivity index (χ3n) is 4.75. The largest absolute Gasteiger partial charge is 0.322 e. The number of nitrogens with one attached hydrogen (secondary N) is 1. The molecule has 0 saturated heterocycles. The van der Waals surface area contributed by atoms with Gasteiger partial charge in [0.05, 0.1) is 5.56 Å². The zero-order valence-electron chi connectivity index (χ0n) is 17.2. The van der Waals surface area contributed by atoms with Crippen LogP contribution in [0.5, 0.6) is 0 Å². The molecule has 0 aliphatic rings. The predicted molar refractivity (Wildman–Crippen MR) is 121 cm³/mol. The molecule has 0 heterocycles. The number of hydrogen-bond donors (Lipinski definition) is 1. The van der Waals surface area contributed by atoms with Crippen molar-refractivity contribution in [3.63, 3.8) is 0 Å². The summed E-state index contributed by atoms with van der Waals surface area (Å²) in [6.45, 7) is 6.43. The highest BCUT2D eigenvalue weighted by Gasteiger charge is 2.16. The molecule has 1 amide bonds. The Bertz CT molecular complexity index is 1030. The Kier molecular flexibility index (Phi) is 6.23. The molecule has 29 heavy (non-hydrogen) atoms. The minimum Gasteiger partial charge on any atom is -0.322 e. The Hall–Kier alpha value is -2.85. The van der Waals surface area contributed by atoms with Gasteiger partial charge in [-0.3, -0.25) is 9.59 Å². The van der Waals surface area contributed by atoms with Crippen molar-refractivity contribution in [2.45, 2.75) is 31.1 Å². The van der Waals surface area contributed by atoms with Crippen LogP contribution in [-0.4, -0.2) is 17.9 Å². The maximum absolute atomic E-state index is 12.9. The molecule has 3 aromatic rings. The van der Waals surface area contributed by atoms with E-state index in [1.54, 1.807) is 30.3 Å². The van der Waals surface area contributed by atoms with Gasteiger partial charge in [0.15, 0.2) is 5.78 Å². The summed E-state index contributed by atoms with van der Waals surface area (Å²) in [4.78, 5) is 26.5. The maximum atomic E-state index is 12.9. The number of carbonyl (C=O) groups excluding carboxylic acids is 2. The number of amides is 1. The topological polar surface area (TPSA) is 46.2 Å². The molecule has 0 spiro atoms. The average molecular weight is 404 g/mol. The molecule has 148 valence electrons. The summed E-state index contributed by atoms with van der Waals surface area (Å²) in [5, 5.41) is 2.90. The molecule has 0 atom stereocenters. The van der Waals surface area contributed by atoms with Gasteiger partial charge in [0.1, 0.15) is 0 Å². The van der Waals surface area contributed by atoms with Gasteiger partial charge in [-0.1, -0.05) is 69.3 Å². The monoisotopic (exact) mass is 403 g/mol. The van der Waals surface area contributed by atoms with E-state index in [0.717, 1.165) is 4.90 Å². The van der Waals surface area contributed by atoms with Gasteiger partial charge in [-0.2, -0.15) is 0 Å². The minimum atomic E-state index is -0.186. The molecule has 0 saturated carbocycles. The number of anilines is 1. The third kappa shape index (κ3) is 4.96. The number of carbonyl (C=O) groups is 2. The van der Waals surface area contributed by atoms with Gasteiger partial charge in [0, 0.05) is 21.7 Å².